The average molecular weight is 473 g/mol. The normalized spacial score (nSPS) is 12.8. The Labute approximate surface area is 202 Å². The summed E-state index contributed by atoms with van der Waals surface area (Å²) < 4.78 is 8.12. The van der Waals surface area contributed by atoms with Crippen LogP contribution in [0.15, 0.2) is 90.1 Å². The summed E-state index contributed by atoms with van der Waals surface area (Å²) in [5, 5.41) is 1.09. The zero-order valence-corrected chi connectivity index (χ0v) is 19.4. The van der Waals surface area contributed by atoms with Crippen molar-refractivity contribution in [3.8, 4) is 0 Å². The molecule has 2 aromatic heterocycles. The van der Waals surface area contributed by atoms with Crippen molar-refractivity contribution in [3.63, 3.8) is 0 Å². The molecule has 1 fully saturated rings. The highest BCUT2D eigenvalue weighted by molar-refractivity contribution is 8.00. The van der Waals surface area contributed by atoms with Gasteiger partial charge in [-0.15, -0.1) is 0 Å². The van der Waals surface area contributed by atoms with Crippen LogP contribution in [0.5, 0.6) is 0 Å². The lowest BCUT2D eigenvalue weighted by Crippen LogP contribution is -2.54. The number of para-hydroxylation sites is 1. The standard InChI is InChI=1S/C20H17N3O3S.C6H7N/c24-13-26-17-11-23(12-17)20(25)15-6-8-16(9-7-15)22-27-18-5-1-3-14-4-2-10-21-19(14)18;1-6-4-2-3-5-7-6/h1-10,13,17,22H,11-12H2;2-5H,1H3. The molecule has 0 spiro atoms. The zero-order chi connectivity index (χ0) is 23.8. The fourth-order valence-electron chi connectivity index (χ4n) is 3.35. The van der Waals surface area contributed by atoms with Gasteiger partial charge in [-0.25, -0.2) is 0 Å². The summed E-state index contributed by atoms with van der Waals surface area (Å²) in [5.41, 5.74) is 3.54. The number of amides is 1. The molecule has 3 heterocycles. The summed E-state index contributed by atoms with van der Waals surface area (Å²) in [5.74, 6) is -0.0572. The van der Waals surface area contributed by atoms with Gasteiger partial charge in [0.2, 0.25) is 0 Å². The number of pyridine rings is 2. The Morgan fingerprint density at radius 3 is 2.44 bits per heavy atom. The maximum Gasteiger partial charge on any atom is 0.293 e. The van der Waals surface area contributed by atoms with Gasteiger partial charge in [0, 0.05) is 34.7 Å². The van der Waals surface area contributed by atoms with Gasteiger partial charge in [0.05, 0.1) is 23.5 Å². The summed E-state index contributed by atoms with van der Waals surface area (Å²) in [4.78, 5) is 33.8. The Hall–Kier alpha value is -3.91. The summed E-state index contributed by atoms with van der Waals surface area (Å²) >= 11 is 1.49. The lowest BCUT2D eigenvalue weighted by molar-refractivity contribution is -0.139. The fourth-order valence-corrected chi connectivity index (χ4v) is 4.13. The molecule has 0 radical (unpaired) electrons. The third-order valence-corrected chi connectivity index (χ3v) is 6.09. The average Bonchev–Trinajstić information content (AvgIpc) is 2.85. The SMILES string of the molecule is Cc1ccccn1.O=COC1CN(C(=O)c2ccc(NSc3cccc4cccnc34)cc2)C1. The molecule has 34 heavy (non-hydrogen) atoms. The van der Waals surface area contributed by atoms with Crippen LogP contribution >= 0.6 is 11.9 Å². The van der Waals surface area contributed by atoms with E-state index >= 15 is 0 Å². The number of rotatable bonds is 6. The minimum absolute atomic E-state index is 0.0572. The summed E-state index contributed by atoms with van der Waals surface area (Å²) in [6, 6.07) is 23.2. The Kier molecular flexibility index (Phi) is 7.72. The van der Waals surface area contributed by atoms with Crippen LogP contribution in [0.3, 0.4) is 0 Å². The number of ether oxygens (including phenoxy) is 1. The van der Waals surface area contributed by atoms with Gasteiger partial charge in [-0.3, -0.25) is 19.6 Å². The number of aryl methyl sites for hydroxylation is 1. The first-order chi connectivity index (χ1) is 16.6. The van der Waals surface area contributed by atoms with Crippen LogP contribution in [0.2, 0.25) is 0 Å². The molecule has 4 aromatic rings. The number of aromatic nitrogens is 2. The van der Waals surface area contributed by atoms with E-state index in [9.17, 15) is 9.59 Å². The molecule has 0 bridgehead atoms. The first-order valence-corrected chi connectivity index (χ1v) is 11.6. The maximum absolute atomic E-state index is 12.4. The van der Waals surface area contributed by atoms with Crippen molar-refractivity contribution in [2.45, 2.75) is 17.9 Å². The molecule has 1 N–H and O–H groups in total. The van der Waals surface area contributed by atoms with Crippen molar-refractivity contribution in [1.82, 2.24) is 14.9 Å². The number of carbonyl (C=O) groups excluding carboxylic acids is 2. The van der Waals surface area contributed by atoms with Crippen LogP contribution in [0, 0.1) is 6.92 Å². The van der Waals surface area contributed by atoms with Gasteiger partial charge in [-0.2, -0.15) is 0 Å². The van der Waals surface area contributed by atoms with Crippen LogP contribution in [0.25, 0.3) is 10.9 Å². The molecule has 0 aliphatic carbocycles. The van der Waals surface area contributed by atoms with Crippen LogP contribution in [-0.4, -0.2) is 46.4 Å². The van der Waals surface area contributed by atoms with Crippen molar-refractivity contribution in [2.75, 3.05) is 17.8 Å². The van der Waals surface area contributed by atoms with Crippen LogP contribution < -0.4 is 4.72 Å². The molecule has 5 rings (SSSR count). The smallest absolute Gasteiger partial charge is 0.293 e. The number of hydrogen-bond donors (Lipinski definition) is 1. The minimum Gasteiger partial charge on any atom is -0.461 e. The third kappa shape index (κ3) is 5.90. The quantitative estimate of drug-likeness (QED) is 0.320. The first kappa shape index (κ1) is 23.3. The second-order valence-electron chi connectivity index (χ2n) is 7.65. The van der Waals surface area contributed by atoms with E-state index in [2.05, 4.69) is 14.7 Å². The van der Waals surface area contributed by atoms with E-state index in [1.54, 1.807) is 29.4 Å². The van der Waals surface area contributed by atoms with Crippen LogP contribution in [0.1, 0.15) is 16.1 Å². The minimum atomic E-state index is -0.182. The molecule has 172 valence electrons. The zero-order valence-electron chi connectivity index (χ0n) is 18.6. The molecule has 1 amide bonds. The highest BCUT2D eigenvalue weighted by Crippen LogP contribution is 2.27. The number of nitrogens with one attached hydrogen (secondary N) is 1. The number of anilines is 1. The Balaban J connectivity index is 0.000000336. The van der Waals surface area contributed by atoms with Crippen molar-refractivity contribution in [1.29, 1.82) is 0 Å². The lowest BCUT2D eigenvalue weighted by Gasteiger charge is -2.37. The summed E-state index contributed by atoms with van der Waals surface area (Å²) in [7, 11) is 0. The number of likely N-dealkylation sites (tertiary alicyclic amines) is 1. The van der Waals surface area contributed by atoms with E-state index in [1.165, 1.54) is 11.9 Å². The molecule has 8 heteroatoms. The molecule has 0 saturated carbocycles. The van der Waals surface area contributed by atoms with Crippen molar-refractivity contribution >= 4 is 40.9 Å². The molecular formula is C26H24N4O3S. The van der Waals surface area contributed by atoms with E-state index in [4.69, 9.17) is 4.74 Å². The van der Waals surface area contributed by atoms with Crippen molar-refractivity contribution in [2.24, 2.45) is 0 Å². The third-order valence-electron chi connectivity index (χ3n) is 5.20. The Morgan fingerprint density at radius 1 is 1.00 bits per heavy atom. The van der Waals surface area contributed by atoms with E-state index in [-0.39, 0.29) is 12.0 Å². The number of fused-ring (bicyclic) bond motifs is 1. The van der Waals surface area contributed by atoms with Gasteiger partial charge in [0.25, 0.3) is 12.4 Å². The van der Waals surface area contributed by atoms with Gasteiger partial charge in [-0.05, 0) is 67.4 Å². The fraction of sp³-hybridized carbons (Fsp3) is 0.154. The molecule has 0 unspecified atom stereocenters. The molecule has 0 atom stereocenters. The van der Waals surface area contributed by atoms with Gasteiger partial charge in [-0.1, -0.05) is 24.3 Å². The predicted molar refractivity (Wildman–Crippen MR) is 133 cm³/mol. The largest absolute Gasteiger partial charge is 0.461 e. The van der Waals surface area contributed by atoms with E-state index in [0.717, 1.165) is 27.2 Å². The van der Waals surface area contributed by atoms with Gasteiger partial charge >= 0.3 is 0 Å². The molecular weight excluding hydrogens is 448 g/mol. The second-order valence-corrected chi connectivity index (χ2v) is 8.50. The highest BCUT2D eigenvalue weighted by Gasteiger charge is 2.32. The second kappa shape index (κ2) is 11.3. The van der Waals surface area contributed by atoms with Gasteiger partial charge in [0.15, 0.2) is 0 Å². The Morgan fingerprint density at radius 2 is 1.76 bits per heavy atom. The topological polar surface area (TPSA) is 84.4 Å². The van der Waals surface area contributed by atoms with Gasteiger partial charge in [0.1, 0.15) is 6.10 Å². The highest BCUT2D eigenvalue weighted by atomic mass is 32.2. The lowest BCUT2D eigenvalue weighted by atomic mass is 10.1. The molecule has 7 nitrogen and oxygen atoms in total. The maximum atomic E-state index is 12.4. The molecule has 2 aromatic carbocycles. The molecule has 1 saturated heterocycles. The van der Waals surface area contributed by atoms with E-state index in [0.29, 0.717) is 25.1 Å². The molecule has 1 aliphatic rings. The van der Waals surface area contributed by atoms with Crippen LogP contribution in [0.4, 0.5) is 5.69 Å². The van der Waals surface area contributed by atoms with Crippen molar-refractivity contribution in [3.05, 3.63) is 96.4 Å². The summed E-state index contributed by atoms with van der Waals surface area (Å²) in [6.07, 6.45) is 3.39. The van der Waals surface area contributed by atoms with E-state index < -0.39 is 0 Å². The monoisotopic (exact) mass is 472 g/mol. The first-order valence-electron chi connectivity index (χ1n) is 10.8. The van der Waals surface area contributed by atoms with Gasteiger partial charge < -0.3 is 14.4 Å². The summed E-state index contributed by atoms with van der Waals surface area (Å²) in [6.45, 7) is 3.29. The number of nitrogens with zero attached hydrogens (tertiary/aromatic N) is 3. The predicted octanol–water partition coefficient (Wildman–Crippen LogP) is 4.74. The Bertz CT molecular complexity index is 1240. The number of benzene rings is 2. The number of carbonyl (C=O) groups is 2. The molecule has 1 aliphatic heterocycles. The van der Waals surface area contributed by atoms with Crippen LogP contribution in [-0.2, 0) is 9.53 Å². The van der Waals surface area contributed by atoms with E-state index in [1.807, 2.05) is 67.6 Å². The van der Waals surface area contributed by atoms with Crippen molar-refractivity contribution < 1.29 is 14.3 Å². The number of hydrogen-bond acceptors (Lipinski definition) is 7.